The first-order valence-electron chi connectivity index (χ1n) is 6.83. The number of benzene rings is 1. The summed E-state index contributed by atoms with van der Waals surface area (Å²) in [5, 5.41) is 9.17. The number of carbonyl (C=O) groups is 1. The number of nitrogens with one attached hydrogen (secondary N) is 1. The molecular weight excluding hydrogens is 318 g/mol. The van der Waals surface area contributed by atoms with Crippen LogP contribution in [0.3, 0.4) is 0 Å². The van der Waals surface area contributed by atoms with Crippen LogP contribution in [0.2, 0.25) is 19.6 Å². The van der Waals surface area contributed by atoms with Gasteiger partial charge in [0.1, 0.15) is 14.1 Å². The summed E-state index contributed by atoms with van der Waals surface area (Å²) in [4.78, 5) is 11.3. The van der Waals surface area contributed by atoms with Gasteiger partial charge in [-0.2, -0.15) is 4.72 Å². The largest absolute Gasteiger partial charge is 0.480 e. The Morgan fingerprint density at radius 1 is 1.27 bits per heavy atom. The summed E-state index contributed by atoms with van der Waals surface area (Å²) in [6.07, 6.45) is -0.0509. The third-order valence-electron chi connectivity index (χ3n) is 2.70. The Kier molecular flexibility index (Phi) is 5.94. The molecule has 0 aliphatic heterocycles. The van der Waals surface area contributed by atoms with Crippen molar-refractivity contribution in [2.45, 2.75) is 43.9 Å². The molecule has 1 aromatic carbocycles. The van der Waals surface area contributed by atoms with E-state index in [0.717, 1.165) is 5.56 Å². The van der Waals surface area contributed by atoms with Gasteiger partial charge in [0.05, 0.1) is 4.90 Å². The van der Waals surface area contributed by atoms with Crippen molar-refractivity contribution in [3.63, 3.8) is 0 Å². The molecule has 1 rings (SSSR count). The molecule has 0 bridgehead atoms. The summed E-state index contributed by atoms with van der Waals surface area (Å²) in [7, 11) is -5.49. The molecule has 0 amide bonds. The fourth-order valence-corrected chi connectivity index (χ4v) is 3.39. The maximum Gasteiger partial charge on any atom is 0.322 e. The first-order chi connectivity index (χ1) is 10.0. The highest BCUT2D eigenvalue weighted by atomic mass is 32.2. The third-order valence-corrected chi connectivity index (χ3v) is 5.11. The molecule has 0 spiro atoms. The van der Waals surface area contributed by atoms with Crippen LogP contribution < -0.4 is 4.72 Å². The summed E-state index contributed by atoms with van der Waals surface area (Å²) >= 11 is 0. The van der Waals surface area contributed by atoms with Crippen molar-refractivity contribution in [2.75, 3.05) is 0 Å². The van der Waals surface area contributed by atoms with E-state index in [1.54, 1.807) is 12.1 Å². The van der Waals surface area contributed by atoms with Gasteiger partial charge >= 0.3 is 5.97 Å². The summed E-state index contributed by atoms with van der Waals surface area (Å²) in [6, 6.07) is 4.97. The van der Waals surface area contributed by atoms with E-state index in [4.69, 9.17) is 0 Å². The molecule has 5 nitrogen and oxygen atoms in total. The molecule has 0 saturated carbocycles. The molecule has 120 valence electrons. The molecule has 0 heterocycles. The minimum atomic E-state index is -3.87. The Bertz CT molecular complexity index is 694. The summed E-state index contributed by atoms with van der Waals surface area (Å²) < 4.78 is 26.6. The molecule has 22 heavy (non-hydrogen) atoms. The Morgan fingerprint density at radius 2 is 1.82 bits per heavy atom. The highest BCUT2D eigenvalue weighted by Gasteiger charge is 2.24. The van der Waals surface area contributed by atoms with E-state index in [-0.39, 0.29) is 11.3 Å². The SMILES string of the molecule is Cc1ccc(S(=O)(=O)NC(CC#C[Si](C)(C)C)C(=O)O)cc1. The van der Waals surface area contributed by atoms with Crippen molar-refractivity contribution in [1.29, 1.82) is 0 Å². The standard InChI is InChI=1S/C15H21NO4SSi/c1-12-7-9-13(10-8-12)21(19,20)16-14(15(17)18)6-5-11-22(2,3)4/h7-10,14,16H,6H2,1-4H3,(H,17,18). The van der Waals surface area contributed by atoms with Gasteiger partial charge < -0.3 is 5.11 Å². The highest BCUT2D eigenvalue weighted by molar-refractivity contribution is 7.89. The second-order valence-corrected chi connectivity index (χ2v) is 12.5. The Balaban J connectivity index is 2.92. The lowest BCUT2D eigenvalue weighted by atomic mass is 10.2. The number of sulfonamides is 1. The van der Waals surface area contributed by atoms with Gasteiger partial charge in [0, 0.05) is 6.42 Å². The van der Waals surface area contributed by atoms with E-state index >= 15 is 0 Å². The molecular formula is C15H21NO4SSi. The molecule has 0 aliphatic rings. The molecule has 0 radical (unpaired) electrons. The van der Waals surface area contributed by atoms with Crippen molar-refractivity contribution in [2.24, 2.45) is 0 Å². The van der Waals surface area contributed by atoms with E-state index in [1.807, 2.05) is 26.6 Å². The highest BCUT2D eigenvalue weighted by Crippen LogP contribution is 2.11. The van der Waals surface area contributed by atoms with Crippen molar-refractivity contribution in [3.05, 3.63) is 29.8 Å². The van der Waals surface area contributed by atoms with Gasteiger partial charge in [-0.15, -0.1) is 11.5 Å². The zero-order chi connectivity index (χ0) is 17.0. The molecule has 2 N–H and O–H groups in total. The molecule has 7 heteroatoms. The monoisotopic (exact) mass is 339 g/mol. The molecule has 0 aromatic heterocycles. The maximum absolute atomic E-state index is 12.2. The van der Waals surface area contributed by atoms with Gasteiger partial charge in [-0.1, -0.05) is 37.3 Å². The van der Waals surface area contributed by atoms with Crippen LogP contribution >= 0.6 is 0 Å². The molecule has 0 fully saturated rings. The van der Waals surface area contributed by atoms with E-state index in [9.17, 15) is 18.3 Å². The average molecular weight is 339 g/mol. The van der Waals surface area contributed by atoms with Crippen LogP contribution in [0.15, 0.2) is 29.2 Å². The predicted molar refractivity (Wildman–Crippen MR) is 88.7 cm³/mol. The first-order valence-corrected chi connectivity index (χ1v) is 11.8. The fraction of sp³-hybridized carbons (Fsp3) is 0.400. The van der Waals surface area contributed by atoms with E-state index in [2.05, 4.69) is 16.2 Å². The van der Waals surface area contributed by atoms with Crippen LogP contribution in [0.4, 0.5) is 0 Å². The number of hydrogen-bond acceptors (Lipinski definition) is 3. The zero-order valence-electron chi connectivity index (χ0n) is 13.2. The molecule has 0 saturated heterocycles. The lowest BCUT2D eigenvalue weighted by Crippen LogP contribution is -2.40. The summed E-state index contributed by atoms with van der Waals surface area (Å²) in [6.45, 7) is 7.95. The molecule has 0 aliphatic carbocycles. The van der Waals surface area contributed by atoms with E-state index in [1.165, 1.54) is 12.1 Å². The second kappa shape index (κ2) is 7.09. The van der Waals surface area contributed by atoms with Crippen molar-refractivity contribution in [3.8, 4) is 11.5 Å². The maximum atomic E-state index is 12.2. The first kappa shape index (κ1) is 18.4. The van der Waals surface area contributed by atoms with Crippen LogP contribution in [-0.2, 0) is 14.8 Å². The topological polar surface area (TPSA) is 83.5 Å². The van der Waals surface area contributed by atoms with Gasteiger partial charge in [-0.3, -0.25) is 4.79 Å². The fourth-order valence-electron chi connectivity index (χ4n) is 1.57. The predicted octanol–water partition coefficient (Wildman–Crippen LogP) is 2.00. The van der Waals surface area contributed by atoms with Crippen LogP contribution in [0.5, 0.6) is 0 Å². The van der Waals surface area contributed by atoms with E-state index in [0.29, 0.717) is 0 Å². The Hall–Kier alpha value is -1.62. The quantitative estimate of drug-likeness (QED) is 0.635. The van der Waals surface area contributed by atoms with Crippen LogP contribution in [0, 0.1) is 18.4 Å². The lowest BCUT2D eigenvalue weighted by Gasteiger charge is -2.13. The van der Waals surface area contributed by atoms with Crippen LogP contribution in [0.25, 0.3) is 0 Å². The minimum absolute atomic E-state index is 0.0440. The zero-order valence-corrected chi connectivity index (χ0v) is 15.0. The van der Waals surface area contributed by atoms with Crippen LogP contribution in [-0.4, -0.2) is 33.6 Å². The minimum Gasteiger partial charge on any atom is -0.480 e. The third kappa shape index (κ3) is 6.01. The van der Waals surface area contributed by atoms with Gasteiger partial charge in [0.15, 0.2) is 0 Å². The number of rotatable bonds is 5. The van der Waals surface area contributed by atoms with Gasteiger partial charge in [0.2, 0.25) is 10.0 Å². The number of carboxylic acids is 1. The second-order valence-electron chi connectivity index (χ2n) is 6.08. The molecule has 1 unspecified atom stereocenters. The number of carboxylic acid groups (broad SMARTS) is 1. The average Bonchev–Trinajstić information content (AvgIpc) is 2.36. The number of aliphatic carboxylic acids is 1. The Labute approximate surface area is 132 Å². The van der Waals surface area contributed by atoms with Crippen LogP contribution in [0.1, 0.15) is 12.0 Å². The van der Waals surface area contributed by atoms with Crippen molar-refractivity contribution in [1.82, 2.24) is 4.72 Å². The smallest absolute Gasteiger partial charge is 0.322 e. The lowest BCUT2D eigenvalue weighted by molar-refractivity contribution is -0.138. The van der Waals surface area contributed by atoms with Crippen molar-refractivity contribution < 1.29 is 18.3 Å². The molecule has 1 atom stereocenters. The summed E-state index contributed by atoms with van der Waals surface area (Å²) in [5.41, 5.74) is 3.96. The van der Waals surface area contributed by atoms with Gasteiger partial charge in [0.25, 0.3) is 0 Å². The molecule has 1 aromatic rings. The van der Waals surface area contributed by atoms with E-state index < -0.39 is 30.1 Å². The van der Waals surface area contributed by atoms with Gasteiger partial charge in [-0.25, -0.2) is 8.42 Å². The summed E-state index contributed by atoms with van der Waals surface area (Å²) in [5.74, 6) is 1.56. The number of hydrogen-bond donors (Lipinski definition) is 2. The normalized spacial score (nSPS) is 13.1. The van der Waals surface area contributed by atoms with Crippen molar-refractivity contribution >= 4 is 24.1 Å². The van der Waals surface area contributed by atoms with Gasteiger partial charge in [-0.05, 0) is 19.1 Å². The number of aryl methyl sites for hydroxylation is 1. The Morgan fingerprint density at radius 3 is 2.27 bits per heavy atom.